The highest BCUT2D eigenvalue weighted by Crippen LogP contribution is 2.29. The quantitative estimate of drug-likeness (QED) is 0.719. The van der Waals surface area contributed by atoms with Crippen LogP contribution in [0.2, 0.25) is 0 Å². The highest BCUT2D eigenvalue weighted by Gasteiger charge is 2.31. The van der Waals surface area contributed by atoms with E-state index in [0.717, 1.165) is 5.56 Å². The minimum absolute atomic E-state index is 0.0209. The lowest BCUT2D eigenvalue weighted by molar-refractivity contribution is -0.0277. The fourth-order valence-electron chi connectivity index (χ4n) is 2.10. The van der Waals surface area contributed by atoms with Gasteiger partial charge in [0.05, 0.1) is 30.4 Å². The molecule has 0 aliphatic carbocycles. The molecule has 0 amide bonds. The molecule has 6 nitrogen and oxygen atoms in total. The Morgan fingerprint density at radius 1 is 1.44 bits per heavy atom. The third-order valence-corrected chi connectivity index (χ3v) is 4.66. The maximum Gasteiger partial charge on any atom is 0.156 e. The number of fused-ring (bicyclic) bond motifs is 1. The standard InChI is InChI=1S/C9H13N3O3S/c10-9-7-1-2-16(13,14)5-8(7)11-12(9)6-3-15-4-6/h6H,1-5,10H2. The monoisotopic (exact) mass is 243 g/mol. The summed E-state index contributed by atoms with van der Waals surface area (Å²) in [5.74, 6) is 0.808. The average molecular weight is 243 g/mol. The van der Waals surface area contributed by atoms with E-state index in [-0.39, 0.29) is 17.5 Å². The lowest BCUT2D eigenvalue weighted by atomic mass is 10.2. The van der Waals surface area contributed by atoms with Gasteiger partial charge in [0.25, 0.3) is 0 Å². The van der Waals surface area contributed by atoms with Crippen molar-refractivity contribution in [2.45, 2.75) is 18.2 Å². The number of rotatable bonds is 1. The van der Waals surface area contributed by atoms with Crippen LogP contribution in [0.5, 0.6) is 0 Å². The Balaban J connectivity index is 2.03. The van der Waals surface area contributed by atoms with Crippen molar-refractivity contribution < 1.29 is 13.2 Å². The first-order valence-corrected chi connectivity index (χ1v) is 7.03. The van der Waals surface area contributed by atoms with Crippen LogP contribution in [0.3, 0.4) is 0 Å². The SMILES string of the molecule is Nc1c2c(nn1C1COC1)CS(=O)(=O)CC2. The first-order chi connectivity index (χ1) is 7.57. The second-order valence-electron chi connectivity index (χ2n) is 4.29. The highest BCUT2D eigenvalue weighted by atomic mass is 32.2. The molecule has 1 fully saturated rings. The molecule has 2 aliphatic rings. The van der Waals surface area contributed by atoms with Gasteiger partial charge in [-0.15, -0.1) is 0 Å². The van der Waals surface area contributed by atoms with Gasteiger partial charge in [0.15, 0.2) is 9.84 Å². The van der Waals surface area contributed by atoms with Gasteiger partial charge in [0, 0.05) is 5.56 Å². The molecular formula is C9H13N3O3S. The summed E-state index contributed by atoms with van der Waals surface area (Å²) in [6, 6.07) is 0.174. The molecule has 7 heteroatoms. The Labute approximate surface area is 93.3 Å². The molecule has 16 heavy (non-hydrogen) atoms. The minimum atomic E-state index is -2.98. The molecule has 2 aliphatic heterocycles. The molecule has 0 radical (unpaired) electrons. The molecule has 3 heterocycles. The molecule has 1 aromatic rings. The molecule has 88 valence electrons. The average Bonchev–Trinajstić information content (AvgIpc) is 2.39. The van der Waals surface area contributed by atoms with Crippen molar-refractivity contribution in [1.82, 2.24) is 9.78 Å². The van der Waals surface area contributed by atoms with Gasteiger partial charge in [0.1, 0.15) is 11.9 Å². The van der Waals surface area contributed by atoms with Gasteiger partial charge in [-0.2, -0.15) is 5.10 Å². The molecule has 0 bridgehead atoms. The van der Waals surface area contributed by atoms with E-state index in [1.807, 2.05) is 0 Å². The number of sulfone groups is 1. The first kappa shape index (κ1) is 10.1. The van der Waals surface area contributed by atoms with E-state index in [1.165, 1.54) is 0 Å². The van der Waals surface area contributed by atoms with E-state index < -0.39 is 9.84 Å². The van der Waals surface area contributed by atoms with Crippen molar-refractivity contribution in [3.8, 4) is 0 Å². The highest BCUT2D eigenvalue weighted by molar-refractivity contribution is 7.90. The minimum Gasteiger partial charge on any atom is -0.384 e. The van der Waals surface area contributed by atoms with E-state index in [4.69, 9.17) is 10.5 Å². The van der Waals surface area contributed by atoms with E-state index in [0.29, 0.717) is 31.1 Å². The van der Waals surface area contributed by atoms with Crippen molar-refractivity contribution in [2.24, 2.45) is 0 Å². The first-order valence-electron chi connectivity index (χ1n) is 5.21. The van der Waals surface area contributed by atoms with Crippen LogP contribution in [0.15, 0.2) is 0 Å². The van der Waals surface area contributed by atoms with Crippen molar-refractivity contribution >= 4 is 15.7 Å². The van der Waals surface area contributed by atoms with Gasteiger partial charge in [-0.1, -0.05) is 0 Å². The summed E-state index contributed by atoms with van der Waals surface area (Å²) in [6.07, 6.45) is 0.483. The summed E-state index contributed by atoms with van der Waals surface area (Å²) in [5.41, 5.74) is 7.50. The smallest absolute Gasteiger partial charge is 0.156 e. The number of anilines is 1. The number of nitrogen functional groups attached to an aromatic ring is 1. The van der Waals surface area contributed by atoms with Crippen LogP contribution in [0.1, 0.15) is 17.3 Å². The summed E-state index contributed by atoms with van der Waals surface area (Å²) >= 11 is 0. The van der Waals surface area contributed by atoms with E-state index in [2.05, 4.69) is 5.10 Å². The summed E-state index contributed by atoms with van der Waals surface area (Å²) in [5, 5.41) is 4.30. The maximum absolute atomic E-state index is 11.5. The maximum atomic E-state index is 11.5. The summed E-state index contributed by atoms with van der Waals surface area (Å²) in [6.45, 7) is 1.22. The molecule has 2 N–H and O–H groups in total. The topological polar surface area (TPSA) is 87.2 Å². The zero-order chi connectivity index (χ0) is 11.3. The largest absolute Gasteiger partial charge is 0.384 e. The van der Waals surface area contributed by atoms with Crippen molar-refractivity contribution in [1.29, 1.82) is 0 Å². The second-order valence-corrected chi connectivity index (χ2v) is 6.47. The van der Waals surface area contributed by atoms with Gasteiger partial charge < -0.3 is 10.5 Å². The molecule has 0 spiro atoms. The molecule has 1 saturated heterocycles. The Hall–Kier alpha value is -1.08. The van der Waals surface area contributed by atoms with Crippen molar-refractivity contribution in [3.63, 3.8) is 0 Å². The summed E-state index contributed by atoms with van der Waals surface area (Å²) in [4.78, 5) is 0. The lowest BCUT2D eigenvalue weighted by Gasteiger charge is -2.27. The predicted octanol–water partition coefficient (Wildman–Crippen LogP) is -0.493. The molecule has 0 atom stereocenters. The summed E-state index contributed by atoms with van der Waals surface area (Å²) in [7, 11) is -2.98. The molecule has 0 saturated carbocycles. The van der Waals surface area contributed by atoms with Gasteiger partial charge in [0.2, 0.25) is 0 Å². The molecular weight excluding hydrogens is 230 g/mol. The van der Waals surface area contributed by atoms with E-state index in [1.54, 1.807) is 4.68 Å². The van der Waals surface area contributed by atoms with E-state index >= 15 is 0 Å². The van der Waals surface area contributed by atoms with Crippen LogP contribution in [0.4, 0.5) is 5.82 Å². The molecule has 3 rings (SSSR count). The third kappa shape index (κ3) is 1.42. The Kier molecular flexibility index (Phi) is 2.02. The van der Waals surface area contributed by atoms with Crippen LogP contribution in [0, 0.1) is 0 Å². The predicted molar refractivity (Wildman–Crippen MR) is 57.7 cm³/mol. The Morgan fingerprint density at radius 3 is 2.81 bits per heavy atom. The van der Waals surface area contributed by atoms with Crippen LogP contribution in [0.25, 0.3) is 0 Å². The molecule has 1 aromatic heterocycles. The number of nitrogens with zero attached hydrogens (tertiary/aromatic N) is 2. The Morgan fingerprint density at radius 2 is 2.19 bits per heavy atom. The van der Waals surface area contributed by atoms with E-state index in [9.17, 15) is 8.42 Å². The number of ether oxygens (including phenoxy) is 1. The Bertz CT molecular complexity index is 530. The fraction of sp³-hybridized carbons (Fsp3) is 0.667. The molecule has 0 unspecified atom stereocenters. The number of nitrogens with two attached hydrogens (primary N) is 1. The van der Waals surface area contributed by atoms with Crippen LogP contribution < -0.4 is 5.73 Å². The van der Waals surface area contributed by atoms with Gasteiger partial charge in [-0.05, 0) is 6.42 Å². The zero-order valence-electron chi connectivity index (χ0n) is 8.72. The fourth-order valence-corrected chi connectivity index (χ4v) is 3.41. The van der Waals surface area contributed by atoms with Crippen molar-refractivity contribution in [2.75, 3.05) is 24.7 Å². The van der Waals surface area contributed by atoms with Crippen molar-refractivity contribution in [3.05, 3.63) is 11.3 Å². The van der Waals surface area contributed by atoms with Gasteiger partial charge in [-0.25, -0.2) is 13.1 Å². The number of aromatic nitrogens is 2. The van der Waals surface area contributed by atoms with Crippen LogP contribution in [-0.2, 0) is 26.7 Å². The van der Waals surface area contributed by atoms with Crippen LogP contribution >= 0.6 is 0 Å². The molecule has 0 aromatic carbocycles. The number of hydrogen-bond donors (Lipinski definition) is 1. The zero-order valence-corrected chi connectivity index (χ0v) is 9.53. The number of hydrogen-bond acceptors (Lipinski definition) is 5. The van der Waals surface area contributed by atoms with Gasteiger partial charge in [-0.3, -0.25) is 0 Å². The third-order valence-electron chi connectivity index (χ3n) is 3.12. The van der Waals surface area contributed by atoms with Gasteiger partial charge >= 0.3 is 0 Å². The lowest BCUT2D eigenvalue weighted by Crippen LogP contribution is -2.32. The van der Waals surface area contributed by atoms with Crippen LogP contribution in [-0.4, -0.2) is 37.2 Å². The second kappa shape index (κ2) is 3.21. The summed E-state index contributed by atoms with van der Waals surface area (Å²) < 4.78 is 29.7. The normalized spacial score (nSPS) is 23.8.